The van der Waals surface area contributed by atoms with Gasteiger partial charge in [-0.25, -0.2) is 4.98 Å². The maximum atomic E-state index is 4.74. The Balaban J connectivity index is 1.59. The number of nitrogens with zero attached hydrogens (tertiary/aromatic N) is 4. The van der Waals surface area contributed by atoms with E-state index in [-0.39, 0.29) is 0 Å². The summed E-state index contributed by atoms with van der Waals surface area (Å²) in [4.78, 5) is 11.6. The third-order valence-corrected chi connectivity index (χ3v) is 4.55. The van der Waals surface area contributed by atoms with Crippen LogP contribution < -0.4 is 5.32 Å². The predicted octanol–water partition coefficient (Wildman–Crippen LogP) is 2.03. The SMILES string of the molecule is CN=C(NCc1cn2c(n1)CCCC2)N1CCCC(C)C1. The van der Waals surface area contributed by atoms with Crippen molar-refractivity contribution in [1.29, 1.82) is 0 Å². The lowest BCUT2D eigenvalue weighted by atomic mass is 10.0. The first-order valence-corrected chi connectivity index (χ1v) is 8.27. The molecule has 1 saturated heterocycles. The van der Waals surface area contributed by atoms with Crippen LogP contribution in [-0.4, -0.2) is 40.5 Å². The zero-order valence-corrected chi connectivity index (χ0v) is 13.3. The van der Waals surface area contributed by atoms with Crippen molar-refractivity contribution in [3.8, 4) is 0 Å². The highest BCUT2D eigenvalue weighted by Gasteiger charge is 2.19. The Morgan fingerprint density at radius 1 is 1.38 bits per heavy atom. The van der Waals surface area contributed by atoms with E-state index in [1.807, 2.05) is 7.05 Å². The first kappa shape index (κ1) is 14.4. The second-order valence-electron chi connectivity index (χ2n) is 6.39. The number of hydrogen-bond acceptors (Lipinski definition) is 2. The summed E-state index contributed by atoms with van der Waals surface area (Å²) in [7, 11) is 1.87. The van der Waals surface area contributed by atoms with Crippen LogP contribution in [0.5, 0.6) is 0 Å². The van der Waals surface area contributed by atoms with Crippen molar-refractivity contribution >= 4 is 5.96 Å². The summed E-state index contributed by atoms with van der Waals surface area (Å²) in [5.74, 6) is 3.03. The van der Waals surface area contributed by atoms with Crippen molar-refractivity contribution in [2.75, 3.05) is 20.1 Å². The third-order valence-electron chi connectivity index (χ3n) is 4.55. The molecule has 1 N–H and O–H groups in total. The van der Waals surface area contributed by atoms with Crippen molar-refractivity contribution in [3.63, 3.8) is 0 Å². The monoisotopic (exact) mass is 289 g/mol. The highest BCUT2D eigenvalue weighted by molar-refractivity contribution is 5.79. The van der Waals surface area contributed by atoms with E-state index in [2.05, 4.69) is 32.9 Å². The van der Waals surface area contributed by atoms with E-state index >= 15 is 0 Å². The van der Waals surface area contributed by atoms with Crippen molar-refractivity contribution in [1.82, 2.24) is 19.8 Å². The molecule has 5 heteroatoms. The van der Waals surface area contributed by atoms with Crippen LogP contribution in [0.1, 0.15) is 44.1 Å². The molecule has 1 aromatic heterocycles. The van der Waals surface area contributed by atoms with Crippen LogP contribution in [0.4, 0.5) is 0 Å². The Morgan fingerprint density at radius 2 is 2.29 bits per heavy atom. The van der Waals surface area contributed by atoms with Crippen LogP contribution in [0, 0.1) is 5.92 Å². The topological polar surface area (TPSA) is 45.5 Å². The average molecular weight is 289 g/mol. The molecular weight excluding hydrogens is 262 g/mol. The second-order valence-corrected chi connectivity index (χ2v) is 6.39. The highest BCUT2D eigenvalue weighted by atomic mass is 15.3. The summed E-state index contributed by atoms with van der Waals surface area (Å²) in [5, 5.41) is 3.49. The number of hydrogen-bond donors (Lipinski definition) is 1. The van der Waals surface area contributed by atoms with Gasteiger partial charge >= 0.3 is 0 Å². The smallest absolute Gasteiger partial charge is 0.193 e. The quantitative estimate of drug-likeness (QED) is 0.669. The molecule has 0 saturated carbocycles. The minimum absolute atomic E-state index is 0.761. The molecule has 1 unspecified atom stereocenters. The summed E-state index contributed by atoms with van der Waals surface area (Å²) in [6, 6.07) is 0. The van der Waals surface area contributed by atoms with Crippen LogP contribution >= 0.6 is 0 Å². The fraction of sp³-hybridized carbons (Fsp3) is 0.750. The van der Waals surface area contributed by atoms with Gasteiger partial charge in [-0.15, -0.1) is 0 Å². The molecule has 3 heterocycles. The molecule has 0 radical (unpaired) electrons. The minimum Gasteiger partial charge on any atom is -0.351 e. The van der Waals surface area contributed by atoms with Crippen molar-refractivity contribution in [2.45, 2.75) is 52.1 Å². The van der Waals surface area contributed by atoms with Gasteiger partial charge in [0.1, 0.15) is 5.82 Å². The molecule has 2 aliphatic rings. The molecule has 3 rings (SSSR count). The van der Waals surface area contributed by atoms with Crippen molar-refractivity contribution < 1.29 is 0 Å². The first-order chi connectivity index (χ1) is 10.3. The van der Waals surface area contributed by atoms with Crippen LogP contribution in [0.3, 0.4) is 0 Å². The van der Waals surface area contributed by atoms with Crippen LogP contribution in [0.25, 0.3) is 0 Å². The van der Waals surface area contributed by atoms with Gasteiger partial charge in [-0.3, -0.25) is 4.99 Å². The predicted molar refractivity (Wildman–Crippen MR) is 85.3 cm³/mol. The Kier molecular flexibility index (Phi) is 4.46. The van der Waals surface area contributed by atoms with Gasteiger partial charge in [0, 0.05) is 39.3 Å². The molecule has 0 aliphatic carbocycles. The average Bonchev–Trinajstić information content (AvgIpc) is 2.91. The van der Waals surface area contributed by atoms with Crippen molar-refractivity contribution in [3.05, 3.63) is 17.7 Å². The highest BCUT2D eigenvalue weighted by Crippen LogP contribution is 2.16. The number of guanidine groups is 1. The van der Waals surface area contributed by atoms with E-state index in [0.29, 0.717) is 0 Å². The number of aromatic nitrogens is 2. The zero-order valence-electron chi connectivity index (χ0n) is 13.3. The van der Waals surface area contributed by atoms with Gasteiger partial charge in [-0.2, -0.15) is 0 Å². The molecule has 0 aromatic carbocycles. The van der Waals surface area contributed by atoms with Gasteiger partial charge in [-0.1, -0.05) is 6.92 Å². The van der Waals surface area contributed by atoms with E-state index in [4.69, 9.17) is 4.98 Å². The molecule has 0 spiro atoms. The van der Waals surface area contributed by atoms with E-state index in [0.717, 1.165) is 50.2 Å². The molecular formula is C16H27N5. The maximum absolute atomic E-state index is 4.74. The zero-order chi connectivity index (χ0) is 14.7. The maximum Gasteiger partial charge on any atom is 0.193 e. The Labute approximate surface area is 127 Å². The Bertz CT molecular complexity index is 481. The third kappa shape index (κ3) is 3.39. The number of likely N-dealkylation sites (tertiary alicyclic amines) is 1. The molecule has 0 amide bonds. The Hall–Kier alpha value is -1.52. The van der Waals surface area contributed by atoms with E-state index < -0.39 is 0 Å². The number of piperidine rings is 1. The molecule has 1 atom stereocenters. The normalized spacial score (nSPS) is 23.0. The van der Waals surface area contributed by atoms with Gasteiger partial charge in [0.15, 0.2) is 5.96 Å². The standard InChI is InChI=1S/C16H27N5/c1-13-6-5-9-21(11-13)16(17-2)18-10-14-12-20-8-4-3-7-15(20)19-14/h12-13H,3-11H2,1-2H3,(H,17,18). The van der Waals surface area contributed by atoms with E-state index in [9.17, 15) is 0 Å². The molecule has 116 valence electrons. The van der Waals surface area contributed by atoms with Gasteiger partial charge in [0.05, 0.1) is 12.2 Å². The summed E-state index contributed by atoms with van der Waals surface area (Å²) < 4.78 is 2.31. The van der Waals surface area contributed by atoms with Crippen LogP contribution in [-0.2, 0) is 19.5 Å². The lowest BCUT2D eigenvalue weighted by Crippen LogP contribution is -2.45. The first-order valence-electron chi connectivity index (χ1n) is 8.27. The fourth-order valence-electron chi connectivity index (χ4n) is 3.44. The summed E-state index contributed by atoms with van der Waals surface area (Å²) >= 11 is 0. The molecule has 5 nitrogen and oxygen atoms in total. The lowest BCUT2D eigenvalue weighted by molar-refractivity contribution is 0.266. The minimum atomic E-state index is 0.761. The van der Waals surface area contributed by atoms with E-state index in [1.165, 1.54) is 31.5 Å². The number of aliphatic imine (C=N–C) groups is 1. The molecule has 0 bridgehead atoms. The number of rotatable bonds is 2. The van der Waals surface area contributed by atoms with Crippen molar-refractivity contribution in [2.24, 2.45) is 10.9 Å². The van der Waals surface area contributed by atoms with Gasteiger partial charge < -0.3 is 14.8 Å². The number of aryl methyl sites for hydroxylation is 2. The summed E-state index contributed by atoms with van der Waals surface area (Å²) in [6.07, 6.45) is 8.48. The largest absolute Gasteiger partial charge is 0.351 e. The number of imidazole rings is 1. The molecule has 2 aliphatic heterocycles. The summed E-state index contributed by atoms with van der Waals surface area (Å²) in [5.41, 5.74) is 1.14. The van der Waals surface area contributed by atoms with Gasteiger partial charge in [0.2, 0.25) is 0 Å². The van der Waals surface area contributed by atoms with Crippen LogP contribution in [0.15, 0.2) is 11.2 Å². The lowest BCUT2D eigenvalue weighted by Gasteiger charge is -2.33. The number of nitrogens with one attached hydrogen (secondary N) is 1. The molecule has 1 fully saturated rings. The van der Waals surface area contributed by atoms with Gasteiger partial charge in [-0.05, 0) is 31.6 Å². The summed E-state index contributed by atoms with van der Waals surface area (Å²) in [6.45, 7) is 6.45. The Morgan fingerprint density at radius 3 is 3.05 bits per heavy atom. The molecule has 1 aromatic rings. The van der Waals surface area contributed by atoms with Gasteiger partial charge in [0.25, 0.3) is 0 Å². The van der Waals surface area contributed by atoms with E-state index in [1.54, 1.807) is 0 Å². The van der Waals surface area contributed by atoms with Crippen LogP contribution in [0.2, 0.25) is 0 Å². The second kappa shape index (κ2) is 6.50. The fourth-order valence-corrected chi connectivity index (χ4v) is 3.44. The molecule has 21 heavy (non-hydrogen) atoms. The number of fused-ring (bicyclic) bond motifs is 1.